The third-order valence-electron chi connectivity index (χ3n) is 2.72. The molecular weight excluding hydrogens is 269 g/mol. The van der Waals surface area contributed by atoms with E-state index in [0.717, 1.165) is 17.7 Å². The fraction of sp³-hybridized carbons (Fsp3) is 0.133. The first-order valence-electron chi connectivity index (χ1n) is 5.83. The molecule has 20 heavy (non-hydrogen) atoms. The SMILES string of the molecule is Cc1ccccc1OC(=O)c1cccc(C(F)(F)F)c1. The highest BCUT2D eigenvalue weighted by molar-refractivity contribution is 5.91. The number of esters is 1. The molecule has 2 nitrogen and oxygen atoms in total. The maximum atomic E-state index is 12.6. The van der Waals surface area contributed by atoms with Gasteiger partial charge in [-0.2, -0.15) is 13.2 Å². The number of carbonyl (C=O) groups is 1. The average Bonchev–Trinajstić information content (AvgIpc) is 2.40. The van der Waals surface area contributed by atoms with E-state index in [0.29, 0.717) is 5.75 Å². The Labute approximate surface area is 113 Å². The topological polar surface area (TPSA) is 26.3 Å². The fourth-order valence-electron chi connectivity index (χ4n) is 1.65. The highest BCUT2D eigenvalue weighted by atomic mass is 19.4. The van der Waals surface area contributed by atoms with Crippen molar-refractivity contribution >= 4 is 5.97 Å². The molecule has 104 valence electrons. The molecule has 0 amide bonds. The molecule has 2 aromatic rings. The molecule has 0 saturated heterocycles. The van der Waals surface area contributed by atoms with E-state index >= 15 is 0 Å². The molecule has 0 fully saturated rings. The summed E-state index contributed by atoms with van der Waals surface area (Å²) in [6, 6.07) is 10.9. The quantitative estimate of drug-likeness (QED) is 0.607. The smallest absolute Gasteiger partial charge is 0.416 e. The molecule has 0 N–H and O–H groups in total. The average molecular weight is 280 g/mol. The van der Waals surface area contributed by atoms with Crippen molar-refractivity contribution in [1.82, 2.24) is 0 Å². The van der Waals surface area contributed by atoms with Crippen molar-refractivity contribution in [2.75, 3.05) is 0 Å². The van der Waals surface area contributed by atoms with Gasteiger partial charge in [0.2, 0.25) is 0 Å². The predicted octanol–water partition coefficient (Wildman–Crippen LogP) is 4.23. The van der Waals surface area contributed by atoms with Crippen LogP contribution in [-0.4, -0.2) is 5.97 Å². The number of carbonyl (C=O) groups excluding carboxylic acids is 1. The van der Waals surface area contributed by atoms with Crippen LogP contribution in [0.15, 0.2) is 48.5 Å². The summed E-state index contributed by atoms with van der Waals surface area (Å²) in [6.45, 7) is 1.74. The summed E-state index contributed by atoms with van der Waals surface area (Å²) in [5.74, 6) is -0.486. The number of hydrogen-bond donors (Lipinski definition) is 0. The number of hydrogen-bond acceptors (Lipinski definition) is 2. The molecule has 0 aromatic heterocycles. The Balaban J connectivity index is 2.24. The van der Waals surface area contributed by atoms with Gasteiger partial charge in [-0.05, 0) is 36.8 Å². The van der Waals surface area contributed by atoms with Gasteiger partial charge in [0.25, 0.3) is 0 Å². The summed E-state index contributed by atoms with van der Waals surface area (Å²) in [4.78, 5) is 11.9. The summed E-state index contributed by atoms with van der Waals surface area (Å²) in [7, 11) is 0. The second-order valence-corrected chi connectivity index (χ2v) is 4.23. The summed E-state index contributed by atoms with van der Waals surface area (Å²) in [5.41, 5.74) is -0.285. The third kappa shape index (κ3) is 3.17. The second kappa shape index (κ2) is 5.36. The molecule has 0 atom stereocenters. The van der Waals surface area contributed by atoms with Crippen molar-refractivity contribution in [3.63, 3.8) is 0 Å². The highest BCUT2D eigenvalue weighted by Gasteiger charge is 2.31. The lowest BCUT2D eigenvalue weighted by Gasteiger charge is -2.09. The van der Waals surface area contributed by atoms with Crippen molar-refractivity contribution in [3.05, 3.63) is 65.2 Å². The van der Waals surface area contributed by atoms with Crippen LogP contribution in [0.5, 0.6) is 5.75 Å². The van der Waals surface area contributed by atoms with Crippen molar-refractivity contribution in [3.8, 4) is 5.75 Å². The summed E-state index contributed by atoms with van der Waals surface area (Å²) in [5, 5.41) is 0. The molecular formula is C15H11F3O2. The van der Waals surface area contributed by atoms with Gasteiger partial charge in [0, 0.05) is 0 Å². The first-order valence-corrected chi connectivity index (χ1v) is 5.83. The second-order valence-electron chi connectivity index (χ2n) is 4.23. The summed E-state index contributed by atoms with van der Waals surface area (Å²) < 4.78 is 42.8. The predicted molar refractivity (Wildman–Crippen MR) is 67.6 cm³/mol. The number of rotatable bonds is 2. The van der Waals surface area contributed by atoms with Crippen molar-refractivity contribution in [2.24, 2.45) is 0 Å². The van der Waals surface area contributed by atoms with Gasteiger partial charge in [-0.15, -0.1) is 0 Å². The minimum Gasteiger partial charge on any atom is -0.423 e. The largest absolute Gasteiger partial charge is 0.423 e. The summed E-state index contributed by atoms with van der Waals surface area (Å²) in [6.07, 6.45) is -4.49. The third-order valence-corrected chi connectivity index (χ3v) is 2.72. The minimum atomic E-state index is -4.49. The lowest BCUT2D eigenvalue weighted by molar-refractivity contribution is -0.137. The lowest BCUT2D eigenvalue weighted by Crippen LogP contribution is -2.12. The molecule has 2 rings (SSSR count). The van der Waals surface area contributed by atoms with Crippen LogP contribution >= 0.6 is 0 Å². The van der Waals surface area contributed by atoms with Gasteiger partial charge < -0.3 is 4.74 Å². The zero-order chi connectivity index (χ0) is 14.8. The molecule has 5 heteroatoms. The normalized spacial score (nSPS) is 11.2. The Bertz CT molecular complexity index is 633. The summed E-state index contributed by atoms with van der Waals surface area (Å²) >= 11 is 0. The Hall–Kier alpha value is -2.30. The molecule has 0 unspecified atom stereocenters. The Morgan fingerprint density at radius 2 is 1.75 bits per heavy atom. The van der Waals surface area contributed by atoms with E-state index in [-0.39, 0.29) is 5.56 Å². The number of halogens is 3. The van der Waals surface area contributed by atoms with Gasteiger partial charge in [0.1, 0.15) is 5.75 Å². The van der Waals surface area contributed by atoms with Crippen LogP contribution in [0.2, 0.25) is 0 Å². The first kappa shape index (κ1) is 14.1. The van der Waals surface area contributed by atoms with Crippen LogP contribution in [0.25, 0.3) is 0 Å². The molecule has 0 spiro atoms. The molecule has 2 aromatic carbocycles. The molecule has 0 bridgehead atoms. The van der Waals surface area contributed by atoms with Gasteiger partial charge in [0.05, 0.1) is 11.1 Å². The number of para-hydroxylation sites is 1. The minimum absolute atomic E-state index is 0.136. The monoisotopic (exact) mass is 280 g/mol. The standard InChI is InChI=1S/C15H11F3O2/c1-10-5-2-3-8-13(10)20-14(19)11-6-4-7-12(9-11)15(16,17)18/h2-9H,1H3. The van der Waals surface area contributed by atoms with Crippen LogP contribution < -0.4 is 4.74 Å². The van der Waals surface area contributed by atoms with E-state index in [1.54, 1.807) is 31.2 Å². The number of alkyl halides is 3. The van der Waals surface area contributed by atoms with Crippen LogP contribution in [-0.2, 0) is 6.18 Å². The van der Waals surface area contributed by atoms with Crippen molar-refractivity contribution in [2.45, 2.75) is 13.1 Å². The van der Waals surface area contributed by atoms with Crippen LogP contribution in [0.1, 0.15) is 21.5 Å². The zero-order valence-corrected chi connectivity index (χ0v) is 10.6. The lowest BCUT2D eigenvalue weighted by atomic mass is 10.1. The number of benzene rings is 2. The van der Waals surface area contributed by atoms with E-state index in [4.69, 9.17) is 4.74 Å². The Morgan fingerprint density at radius 3 is 2.40 bits per heavy atom. The number of ether oxygens (including phenoxy) is 1. The first-order chi connectivity index (χ1) is 9.38. The van der Waals surface area contributed by atoms with E-state index in [1.165, 1.54) is 12.1 Å². The van der Waals surface area contributed by atoms with Crippen molar-refractivity contribution in [1.29, 1.82) is 0 Å². The molecule has 0 saturated carbocycles. The van der Waals surface area contributed by atoms with Gasteiger partial charge in [-0.1, -0.05) is 24.3 Å². The van der Waals surface area contributed by atoms with Crippen LogP contribution in [0.4, 0.5) is 13.2 Å². The molecule has 0 aliphatic rings. The van der Waals surface area contributed by atoms with E-state index in [9.17, 15) is 18.0 Å². The Kier molecular flexibility index (Phi) is 3.79. The van der Waals surface area contributed by atoms with E-state index < -0.39 is 17.7 Å². The van der Waals surface area contributed by atoms with E-state index in [1.807, 2.05) is 0 Å². The molecule has 0 heterocycles. The molecule has 0 aliphatic heterocycles. The van der Waals surface area contributed by atoms with E-state index in [2.05, 4.69) is 0 Å². The Morgan fingerprint density at radius 1 is 1.05 bits per heavy atom. The maximum absolute atomic E-state index is 12.6. The highest BCUT2D eigenvalue weighted by Crippen LogP contribution is 2.29. The molecule has 0 aliphatic carbocycles. The number of aryl methyl sites for hydroxylation is 1. The van der Waals surface area contributed by atoms with Crippen LogP contribution in [0.3, 0.4) is 0 Å². The van der Waals surface area contributed by atoms with Gasteiger partial charge in [-0.25, -0.2) is 4.79 Å². The van der Waals surface area contributed by atoms with Gasteiger partial charge in [0.15, 0.2) is 0 Å². The van der Waals surface area contributed by atoms with Crippen LogP contribution in [0, 0.1) is 6.92 Å². The van der Waals surface area contributed by atoms with Gasteiger partial charge >= 0.3 is 12.1 Å². The fourth-order valence-corrected chi connectivity index (χ4v) is 1.65. The van der Waals surface area contributed by atoms with Gasteiger partial charge in [-0.3, -0.25) is 0 Å². The zero-order valence-electron chi connectivity index (χ0n) is 10.6. The maximum Gasteiger partial charge on any atom is 0.416 e. The molecule has 0 radical (unpaired) electrons. The van der Waals surface area contributed by atoms with Crippen molar-refractivity contribution < 1.29 is 22.7 Å².